The van der Waals surface area contributed by atoms with Gasteiger partial charge in [0.05, 0.1) is 10.6 Å². The summed E-state index contributed by atoms with van der Waals surface area (Å²) in [6.45, 7) is 1.07. The number of amides is 1. The molecule has 2 aromatic carbocycles. The molecule has 31 heavy (non-hydrogen) atoms. The zero-order valence-corrected chi connectivity index (χ0v) is 17.5. The van der Waals surface area contributed by atoms with Gasteiger partial charge in [0.2, 0.25) is 0 Å². The van der Waals surface area contributed by atoms with Gasteiger partial charge in [-0.05, 0) is 37.1 Å². The molecule has 1 unspecified atom stereocenters. The average Bonchev–Trinajstić information content (AvgIpc) is 3.08. The first-order valence-electron chi connectivity index (χ1n) is 9.82. The summed E-state index contributed by atoms with van der Waals surface area (Å²) in [5.41, 5.74) is 1.37. The number of hydrogen-bond acceptors (Lipinski definition) is 3. The Bertz CT molecular complexity index is 1130. The Balaban J connectivity index is 1.46. The van der Waals surface area contributed by atoms with Crippen LogP contribution in [0.3, 0.4) is 0 Å². The van der Waals surface area contributed by atoms with Crippen LogP contribution in [0.5, 0.6) is 0 Å². The zero-order chi connectivity index (χ0) is 22.1. The normalized spacial score (nSPS) is 16.4. The van der Waals surface area contributed by atoms with E-state index in [1.54, 1.807) is 19.3 Å². The summed E-state index contributed by atoms with van der Waals surface area (Å²) < 4.78 is 43.0. The first-order chi connectivity index (χ1) is 14.8. The number of carbonyl (C=O) groups is 1. The second kappa shape index (κ2) is 8.63. The fourth-order valence-electron chi connectivity index (χ4n) is 3.78. The lowest BCUT2D eigenvalue weighted by atomic mass is 10.0. The van der Waals surface area contributed by atoms with Gasteiger partial charge in [0.1, 0.15) is 11.5 Å². The lowest BCUT2D eigenvalue weighted by Crippen LogP contribution is -2.48. The van der Waals surface area contributed by atoms with Crippen molar-refractivity contribution in [3.8, 4) is 11.3 Å². The van der Waals surface area contributed by atoms with E-state index in [1.165, 1.54) is 22.9 Å². The van der Waals surface area contributed by atoms with Gasteiger partial charge in [0.25, 0.3) is 5.91 Å². The van der Waals surface area contributed by atoms with Crippen molar-refractivity contribution >= 4 is 23.2 Å². The van der Waals surface area contributed by atoms with Crippen LogP contribution in [0, 0.1) is 17.5 Å². The third-order valence-electron chi connectivity index (χ3n) is 5.30. The predicted molar refractivity (Wildman–Crippen MR) is 113 cm³/mol. The summed E-state index contributed by atoms with van der Waals surface area (Å²) in [6.07, 6.45) is 3.07. The second-order valence-electron chi connectivity index (χ2n) is 7.55. The monoisotopic (exact) mass is 448 g/mol. The van der Waals surface area contributed by atoms with Crippen LogP contribution in [0.4, 0.5) is 18.9 Å². The van der Waals surface area contributed by atoms with Crippen molar-refractivity contribution in [2.45, 2.75) is 18.9 Å². The Hall–Kier alpha value is -3.00. The molecule has 0 radical (unpaired) electrons. The Labute approximate surface area is 182 Å². The minimum Gasteiger partial charge on any atom is -0.369 e. The van der Waals surface area contributed by atoms with Gasteiger partial charge in [-0.1, -0.05) is 17.7 Å². The van der Waals surface area contributed by atoms with E-state index in [0.717, 1.165) is 18.6 Å². The molecule has 0 spiro atoms. The SMILES string of the molecule is Cn1cc(Cl)c(-c2ccc(C(=O)NC3CCCN(c4ccc(F)c(F)c4)C3)c(F)c2)n1. The Kier molecular flexibility index (Phi) is 5.91. The number of aryl methyl sites for hydroxylation is 1. The minimum atomic E-state index is -0.918. The smallest absolute Gasteiger partial charge is 0.254 e. The fourth-order valence-corrected chi connectivity index (χ4v) is 4.06. The Morgan fingerprint density at radius 2 is 1.94 bits per heavy atom. The van der Waals surface area contributed by atoms with Crippen molar-refractivity contribution in [3.05, 3.63) is 70.6 Å². The standard InChI is InChI=1S/C22H20ClF3N4O/c1-29-12-17(23)21(28-29)13-4-6-16(19(25)9-13)22(31)27-14-3-2-8-30(11-14)15-5-7-18(24)20(26)10-15/h4-7,9-10,12,14H,2-3,8,11H2,1H3,(H,27,31). The van der Waals surface area contributed by atoms with E-state index >= 15 is 0 Å². The van der Waals surface area contributed by atoms with Crippen LogP contribution in [-0.2, 0) is 7.05 Å². The van der Waals surface area contributed by atoms with Crippen molar-refractivity contribution in [1.82, 2.24) is 15.1 Å². The van der Waals surface area contributed by atoms with Crippen LogP contribution in [0.1, 0.15) is 23.2 Å². The van der Waals surface area contributed by atoms with Crippen molar-refractivity contribution in [3.63, 3.8) is 0 Å². The average molecular weight is 449 g/mol. The predicted octanol–water partition coefficient (Wildman–Crippen LogP) is 4.56. The molecule has 0 bridgehead atoms. The molecular formula is C22H20ClF3N4O. The molecule has 1 aliphatic heterocycles. The van der Waals surface area contributed by atoms with Gasteiger partial charge >= 0.3 is 0 Å². The van der Waals surface area contributed by atoms with Crippen LogP contribution in [0.15, 0.2) is 42.6 Å². The van der Waals surface area contributed by atoms with Gasteiger partial charge in [-0.15, -0.1) is 0 Å². The zero-order valence-electron chi connectivity index (χ0n) is 16.7. The van der Waals surface area contributed by atoms with E-state index in [-0.39, 0.29) is 11.6 Å². The summed E-state index contributed by atoms with van der Waals surface area (Å²) in [5.74, 6) is -3.03. The van der Waals surface area contributed by atoms with Gasteiger partial charge in [0, 0.05) is 49.7 Å². The molecule has 162 valence electrons. The van der Waals surface area contributed by atoms with E-state index in [9.17, 15) is 18.0 Å². The number of anilines is 1. The molecule has 1 aromatic heterocycles. The molecule has 1 aliphatic rings. The molecular weight excluding hydrogens is 429 g/mol. The van der Waals surface area contributed by atoms with E-state index in [2.05, 4.69) is 10.4 Å². The molecule has 0 saturated carbocycles. The third-order valence-corrected chi connectivity index (χ3v) is 5.57. The Morgan fingerprint density at radius 3 is 2.61 bits per heavy atom. The number of aromatic nitrogens is 2. The highest BCUT2D eigenvalue weighted by atomic mass is 35.5. The summed E-state index contributed by atoms with van der Waals surface area (Å²) in [7, 11) is 1.71. The number of piperidine rings is 1. The molecule has 1 N–H and O–H groups in total. The Morgan fingerprint density at radius 1 is 1.13 bits per heavy atom. The summed E-state index contributed by atoms with van der Waals surface area (Å²) >= 11 is 6.11. The maximum atomic E-state index is 14.7. The van der Waals surface area contributed by atoms with E-state index in [1.807, 2.05) is 4.90 Å². The van der Waals surface area contributed by atoms with Crippen LogP contribution >= 0.6 is 11.6 Å². The number of nitrogens with zero attached hydrogens (tertiary/aromatic N) is 3. The molecule has 0 aliphatic carbocycles. The quantitative estimate of drug-likeness (QED) is 0.636. The van der Waals surface area contributed by atoms with Crippen molar-refractivity contribution in [2.75, 3.05) is 18.0 Å². The van der Waals surface area contributed by atoms with Crippen LogP contribution in [0.25, 0.3) is 11.3 Å². The maximum absolute atomic E-state index is 14.7. The maximum Gasteiger partial charge on any atom is 0.254 e. The van der Waals surface area contributed by atoms with Crippen molar-refractivity contribution in [2.24, 2.45) is 7.05 Å². The van der Waals surface area contributed by atoms with E-state index in [4.69, 9.17) is 11.6 Å². The van der Waals surface area contributed by atoms with Gasteiger partial charge in [-0.25, -0.2) is 13.2 Å². The van der Waals surface area contributed by atoms with E-state index in [0.29, 0.717) is 41.5 Å². The molecule has 2 heterocycles. The molecule has 3 aromatic rings. The van der Waals surface area contributed by atoms with Crippen molar-refractivity contribution in [1.29, 1.82) is 0 Å². The molecule has 4 rings (SSSR count). The minimum absolute atomic E-state index is 0.0826. The first kappa shape index (κ1) is 21.2. The number of rotatable bonds is 4. The number of hydrogen-bond donors (Lipinski definition) is 1. The van der Waals surface area contributed by atoms with Crippen molar-refractivity contribution < 1.29 is 18.0 Å². The first-order valence-corrected chi connectivity index (χ1v) is 10.2. The van der Waals surface area contributed by atoms with Gasteiger partial charge in [-0.2, -0.15) is 5.10 Å². The third kappa shape index (κ3) is 4.54. The fraction of sp³-hybridized carbons (Fsp3) is 0.273. The molecule has 1 amide bonds. The second-order valence-corrected chi connectivity index (χ2v) is 7.96. The number of nitrogens with one attached hydrogen (secondary N) is 1. The molecule has 1 fully saturated rings. The summed E-state index contributed by atoms with van der Waals surface area (Å²) in [4.78, 5) is 14.5. The molecule has 1 atom stereocenters. The highest BCUT2D eigenvalue weighted by Gasteiger charge is 2.24. The summed E-state index contributed by atoms with van der Waals surface area (Å²) in [5, 5.41) is 7.43. The number of benzene rings is 2. The van der Waals surface area contributed by atoms with Crippen LogP contribution in [0.2, 0.25) is 5.02 Å². The lowest BCUT2D eigenvalue weighted by Gasteiger charge is -2.34. The number of halogens is 4. The largest absolute Gasteiger partial charge is 0.369 e. The van der Waals surface area contributed by atoms with Gasteiger partial charge in [-0.3, -0.25) is 9.48 Å². The highest BCUT2D eigenvalue weighted by molar-refractivity contribution is 6.33. The molecule has 9 heteroatoms. The topological polar surface area (TPSA) is 50.2 Å². The van der Waals surface area contributed by atoms with Gasteiger partial charge in [0.15, 0.2) is 11.6 Å². The number of carbonyl (C=O) groups excluding carboxylic acids is 1. The van der Waals surface area contributed by atoms with Gasteiger partial charge < -0.3 is 10.2 Å². The molecule has 1 saturated heterocycles. The summed E-state index contributed by atoms with van der Waals surface area (Å²) in [6, 6.07) is 7.71. The molecule has 5 nitrogen and oxygen atoms in total. The highest BCUT2D eigenvalue weighted by Crippen LogP contribution is 2.28. The van der Waals surface area contributed by atoms with E-state index < -0.39 is 23.4 Å². The van der Waals surface area contributed by atoms with Crippen LogP contribution in [-0.4, -0.2) is 34.8 Å². The van der Waals surface area contributed by atoms with Crippen LogP contribution < -0.4 is 10.2 Å². The lowest BCUT2D eigenvalue weighted by molar-refractivity contribution is 0.0929.